The maximum Gasteiger partial charge on any atom is 0.0755 e. The molecular formula is C67H44N2. The molecule has 322 valence electrons. The monoisotopic (exact) mass is 876 g/mol. The molecule has 2 aliphatic rings. The van der Waals surface area contributed by atoms with Crippen molar-refractivity contribution in [3.8, 4) is 61.3 Å². The van der Waals surface area contributed by atoms with Crippen molar-refractivity contribution in [3.63, 3.8) is 0 Å². The molecular weight excluding hydrogens is 833 g/mol. The van der Waals surface area contributed by atoms with Crippen molar-refractivity contribution in [3.05, 3.63) is 289 Å². The van der Waals surface area contributed by atoms with Crippen molar-refractivity contribution in [2.75, 3.05) is 4.90 Å². The Balaban J connectivity index is 1.02. The van der Waals surface area contributed by atoms with Gasteiger partial charge >= 0.3 is 0 Å². The van der Waals surface area contributed by atoms with Crippen LogP contribution >= 0.6 is 0 Å². The van der Waals surface area contributed by atoms with Crippen LogP contribution in [0.2, 0.25) is 0 Å². The lowest BCUT2D eigenvalue weighted by atomic mass is 9.65. The predicted molar refractivity (Wildman–Crippen MR) is 288 cm³/mol. The summed E-state index contributed by atoms with van der Waals surface area (Å²) in [5.74, 6) is 0. The fourth-order valence-electron chi connectivity index (χ4n) is 11.9. The Morgan fingerprint density at radius 2 is 0.768 bits per heavy atom. The summed E-state index contributed by atoms with van der Waals surface area (Å²) in [6.07, 6.45) is 0. The first-order valence-corrected chi connectivity index (χ1v) is 23.9. The lowest BCUT2D eigenvalue weighted by molar-refractivity contribution is 0.748. The Morgan fingerprint density at radius 3 is 1.45 bits per heavy atom. The van der Waals surface area contributed by atoms with Crippen LogP contribution in [0, 0.1) is 0 Å². The Kier molecular flexibility index (Phi) is 8.84. The number of fused-ring (bicyclic) bond motifs is 12. The summed E-state index contributed by atoms with van der Waals surface area (Å²) in [6.45, 7) is 0. The van der Waals surface area contributed by atoms with Crippen molar-refractivity contribution in [2.45, 2.75) is 5.41 Å². The highest BCUT2D eigenvalue weighted by Gasteiger charge is 2.51. The van der Waals surface area contributed by atoms with E-state index in [2.05, 4.69) is 276 Å². The van der Waals surface area contributed by atoms with E-state index in [0.29, 0.717) is 0 Å². The van der Waals surface area contributed by atoms with Gasteiger partial charge in [-0.2, -0.15) is 0 Å². The molecule has 1 spiro atoms. The van der Waals surface area contributed by atoms with Crippen LogP contribution in [0.15, 0.2) is 267 Å². The molecule has 0 bridgehead atoms. The van der Waals surface area contributed by atoms with Crippen molar-refractivity contribution in [1.29, 1.82) is 0 Å². The summed E-state index contributed by atoms with van der Waals surface area (Å²) in [5.41, 5.74) is 23.7. The molecule has 0 atom stereocenters. The van der Waals surface area contributed by atoms with Gasteiger partial charge in [0, 0.05) is 27.7 Å². The van der Waals surface area contributed by atoms with Gasteiger partial charge in [0.2, 0.25) is 0 Å². The molecule has 0 saturated carbocycles. The Bertz CT molecular complexity index is 3890. The molecule has 1 aromatic heterocycles. The van der Waals surface area contributed by atoms with E-state index in [1.165, 1.54) is 99.8 Å². The quantitative estimate of drug-likeness (QED) is 0.155. The standard InChI is InChI=1S/C67H44N2/c1-3-18-45(19-4-1)46-34-36-47(37-35-46)48-38-40-50(41-39-48)68(63-32-15-11-26-56(63)53-23-8-7-22-52(53)49-20-5-2-6-21-49)51-42-43-65-62(44-51)67(59-29-13-9-24-54(59)55-25-10-14-30-60(55)67)61-31-17-28-58-57-27-12-16-33-64(57)69(65)66(58)61/h1-44H. The summed E-state index contributed by atoms with van der Waals surface area (Å²) in [4.78, 5) is 2.49. The minimum absolute atomic E-state index is 0.580. The third-order valence-electron chi connectivity index (χ3n) is 14.8. The number of rotatable bonds is 7. The lowest BCUT2D eigenvalue weighted by Crippen LogP contribution is -2.33. The van der Waals surface area contributed by atoms with E-state index >= 15 is 0 Å². The molecule has 0 saturated heterocycles. The second-order valence-electron chi connectivity index (χ2n) is 18.4. The summed E-state index contributed by atoms with van der Waals surface area (Å²) < 4.78 is 2.54. The van der Waals surface area contributed by atoms with Crippen LogP contribution in [-0.2, 0) is 5.41 Å². The number of nitrogens with zero attached hydrogens (tertiary/aromatic N) is 2. The Labute approximate surface area is 402 Å². The number of anilines is 3. The fourth-order valence-corrected chi connectivity index (χ4v) is 11.9. The second-order valence-corrected chi connectivity index (χ2v) is 18.4. The summed E-state index contributed by atoms with van der Waals surface area (Å²) >= 11 is 0. The van der Waals surface area contributed by atoms with Crippen molar-refractivity contribution >= 4 is 38.9 Å². The minimum atomic E-state index is -0.580. The van der Waals surface area contributed by atoms with Gasteiger partial charge in [-0.15, -0.1) is 0 Å². The van der Waals surface area contributed by atoms with Gasteiger partial charge in [0.05, 0.1) is 27.8 Å². The van der Waals surface area contributed by atoms with E-state index in [4.69, 9.17) is 0 Å². The third kappa shape index (κ3) is 5.86. The molecule has 0 fully saturated rings. The average Bonchev–Trinajstić information content (AvgIpc) is 3.93. The van der Waals surface area contributed by atoms with E-state index in [-0.39, 0.29) is 0 Å². The first-order chi connectivity index (χ1) is 34.3. The van der Waals surface area contributed by atoms with E-state index in [9.17, 15) is 0 Å². The van der Waals surface area contributed by atoms with Gasteiger partial charge in [0.25, 0.3) is 0 Å². The van der Waals surface area contributed by atoms with Gasteiger partial charge in [-0.3, -0.25) is 0 Å². The van der Waals surface area contributed by atoms with Gasteiger partial charge < -0.3 is 9.47 Å². The van der Waals surface area contributed by atoms with Crippen LogP contribution in [0.1, 0.15) is 22.3 Å². The first kappa shape index (κ1) is 39.2. The fraction of sp³-hybridized carbons (Fsp3) is 0.0149. The first-order valence-electron chi connectivity index (χ1n) is 23.9. The molecule has 0 radical (unpaired) electrons. The van der Waals surface area contributed by atoms with E-state index in [1.807, 2.05) is 0 Å². The molecule has 2 heteroatoms. The van der Waals surface area contributed by atoms with Gasteiger partial charge in [-0.1, -0.05) is 224 Å². The maximum absolute atomic E-state index is 2.54. The summed E-state index contributed by atoms with van der Waals surface area (Å²) in [6, 6.07) is 98.6. The average molecular weight is 877 g/mol. The molecule has 1 aliphatic heterocycles. The molecule has 14 rings (SSSR count). The SMILES string of the molecule is c1ccc(-c2ccc(-c3ccc(N(c4ccc5c(c4)C4(c6ccccc6-c6ccccc64)c4cccc6c7ccccc7n-5c46)c4ccccc4-c4ccccc4-c4ccccc4)cc3)cc2)cc1. The zero-order valence-electron chi connectivity index (χ0n) is 37.8. The molecule has 69 heavy (non-hydrogen) atoms. The van der Waals surface area contributed by atoms with Crippen LogP contribution < -0.4 is 4.90 Å². The highest BCUT2D eigenvalue weighted by atomic mass is 15.1. The Morgan fingerprint density at radius 1 is 0.290 bits per heavy atom. The zero-order chi connectivity index (χ0) is 45.5. The Hall–Kier alpha value is -8.98. The van der Waals surface area contributed by atoms with Gasteiger partial charge in [-0.25, -0.2) is 0 Å². The smallest absolute Gasteiger partial charge is 0.0755 e. The molecule has 12 aromatic rings. The highest BCUT2D eigenvalue weighted by Crippen LogP contribution is 2.61. The minimum Gasteiger partial charge on any atom is -0.310 e. The highest BCUT2D eigenvalue weighted by molar-refractivity contribution is 6.13. The van der Waals surface area contributed by atoms with Crippen molar-refractivity contribution < 1.29 is 0 Å². The zero-order valence-corrected chi connectivity index (χ0v) is 37.8. The van der Waals surface area contributed by atoms with Gasteiger partial charge in [0.15, 0.2) is 0 Å². The van der Waals surface area contributed by atoms with Crippen molar-refractivity contribution in [2.24, 2.45) is 0 Å². The predicted octanol–water partition coefficient (Wildman–Crippen LogP) is 17.6. The number of aromatic nitrogens is 1. The number of hydrogen-bond donors (Lipinski definition) is 0. The van der Waals surface area contributed by atoms with Crippen LogP contribution in [-0.4, -0.2) is 4.57 Å². The third-order valence-corrected chi connectivity index (χ3v) is 14.8. The molecule has 0 N–H and O–H groups in total. The van der Waals surface area contributed by atoms with Crippen LogP contribution in [0.25, 0.3) is 83.1 Å². The van der Waals surface area contributed by atoms with Crippen LogP contribution in [0.4, 0.5) is 17.1 Å². The topological polar surface area (TPSA) is 8.17 Å². The van der Waals surface area contributed by atoms with E-state index < -0.39 is 5.41 Å². The summed E-state index contributed by atoms with van der Waals surface area (Å²) in [7, 11) is 0. The van der Waals surface area contributed by atoms with E-state index in [1.54, 1.807) is 0 Å². The number of benzene rings is 11. The van der Waals surface area contributed by atoms with Crippen LogP contribution in [0.3, 0.4) is 0 Å². The molecule has 1 aliphatic carbocycles. The maximum atomic E-state index is 2.54. The molecule has 0 amide bonds. The van der Waals surface area contributed by atoms with E-state index in [0.717, 1.165) is 22.6 Å². The van der Waals surface area contributed by atoms with Gasteiger partial charge in [0.1, 0.15) is 0 Å². The molecule has 2 nitrogen and oxygen atoms in total. The normalized spacial score (nSPS) is 12.8. The molecule has 0 unspecified atom stereocenters. The number of para-hydroxylation sites is 3. The number of hydrogen-bond acceptors (Lipinski definition) is 1. The van der Waals surface area contributed by atoms with Crippen molar-refractivity contribution in [1.82, 2.24) is 4.57 Å². The second kappa shape index (κ2) is 15.6. The molecule has 2 heterocycles. The molecule has 11 aromatic carbocycles. The largest absolute Gasteiger partial charge is 0.310 e. The summed E-state index contributed by atoms with van der Waals surface area (Å²) in [5, 5.41) is 2.55. The van der Waals surface area contributed by atoms with Crippen LogP contribution in [0.5, 0.6) is 0 Å². The van der Waals surface area contributed by atoms with Gasteiger partial charge in [-0.05, 0) is 115 Å². The lowest BCUT2D eigenvalue weighted by Gasteiger charge is -2.40.